The van der Waals surface area contributed by atoms with E-state index in [9.17, 15) is 19.5 Å². The van der Waals surface area contributed by atoms with Crippen LogP contribution in [0.3, 0.4) is 0 Å². The van der Waals surface area contributed by atoms with Crippen LogP contribution in [0.25, 0.3) is 5.57 Å². The first kappa shape index (κ1) is 21.0. The number of nitrogens with one attached hydrogen (secondary N) is 1. The smallest absolute Gasteiger partial charge is 0.277 e. The van der Waals surface area contributed by atoms with Crippen molar-refractivity contribution in [1.82, 2.24) is 9.80 Å². The van der Waals surface area contributed by atoms with Crippen LogP contribution in [-0.2, 0) is 14.4 Å². The molecule has 7 heteroatoms. The Bertz CT molecular complexity index is 829. The number of benzene rings is 1. The molecule has 1 fully saturated rings. The van der Waals surface area contributed by atoms with Gasteiger partial charge in [-0.15, -0.1) is 0 Å². The predicted molar refractivity (Wildman–Crippen MR) is 111 cm³/mol. The van der Waals surface area contributed by atoms with Crippen molar-refractivity contribution >= 4 is 29.0 Å². The molecule has 0 saturated carbocycles. The van der Waals surface area contributed by atoms with Crippen molar-refractivity contribution in [3.8, 4) is 0 Å². The first-order valence-corrected chi connectivity index (χ1v) is 10.2. The maximum atomic E-state index is 13.2. The minimum atomic E-state index is -0.280. The lowest BCUT2D eigenvalue weighted by molar-refractivity contribution is -0.138. The molecule has 7 nitrogen and oxygen atoms in total. The summed E-state index contributed by atoms with van der Waals surface area (Å²) in [4.78, 5) is 41.0. The number of hydrogen-bond donors (Lipinski definition) is 2. The van der Waals surface area contributed by atoms with Crippen molar-refractivity contribution in [2.75, 3.05) is 31.6 Å². The molecule has 2 heterocycles. The molecule has 1 unspecified atom stereocenters. The van der Waals surface area contributed by atoms with E-state index in [1.807, 2.05) is 18.7 Å². The van der Waals surface area contributed by atoms with E-state index in [1.165, 1.54) is 11.8 Å². The fourth-order valence-corrected chi connectivity index (χ4v) is 3.99. The van der Waals surface area contributed by atoms with Gasteiger partial charge >= 0.3 is 0 Å². The van der Waals surface area contributed by atoms with Crippen LogP contribution in [-0.4, -0.2) is 58.9 Å². The number of imide groups is 1. The van der Waals surface area contributed by atoms with E-state index in [0.29, 0.717) is 42.2 Å². The summed E-state index contributed by atoms with van der Waals surface area (Å²) in [6, 6.07) is 6.99. The summed E-state index contributed by atoms with van der Waals surface area (Å²) in [6.45, 7) is 7.08. The van der Waals surface area contributed by atoms with Gasteiger partial charge < -0.3 is 15.3 Å². The number of aliphatic hydroxyl groups is 1. The SMILES string of the molecule is CC(=O)Nc1ccc(C2=C(N3CCCC(CO)C3)C(=O)N(CC(C)C)C2=O)cc1. The number of likely N-dealkylation sites (tertiary alicyclic amines) is 1. The molecule has 1 atom stereocenters. The molecule has 1 saturated heterocycles. The lowest BCUT2D eigenvalue weighted by atomic mass is 9.97. The van der Waals surface area contributed by atoms with Crippen LogP contribution in [0.5, 0.6) is 0 Å². The summed E-state index contributed by atoms with van der Waals surface area (Å²) in [6.07, 6.45) is 1.79. The van der Waals surface area contributed by atoms with E-state index in [-0.39, 0.29) is 36.2 Å². The third-order valence-electron chi connectivity index (χ3n) is 5.28. The molecule has 0 aromatic heterocycles. The molecule has 2 aliphatic rings. The van der Waals surface area contributed by atoms with Crippen LogP contribution < -0.4 is 5.32 Å². The second kappa shape index (κ2) is 8.78. The van der Waals surface area contributed by atoms with E-state index in [0.717, 1.165) is 12.8 Å². The normalized spacial score (nSPS) is 20.1. The quantitative estimate of drug-likeness (QED) is 0.715. The summed E-state index contributed by atoms with van der Waals surface area (Å²) in [5.74, 6) is -0.449. The van der Waals surface area contributed by atoms with Crippen LogP contribution in [0, 0.1) is 11.8 Å². The average molecular weight is 399 g/mol. The van der Waals surface area contributed by atoms with Gasteiger partial charge in [-0.3, -0.25) is 19.3 Å². The standard InChI is InChI=1S/C22H29N3O4/c1-14(2)11-25-21(28)19(17-6-8-18(9-7-17)23-15(3)27)20(22(25)29)24-10-4-5-16(12-24)13-26/h6-9,14,16,26H,4-5,10-13H2,1-3H3,(H,23,27). The van der Waals surface area contributed by atoms with Gasteiger partial charge in [0.1, 0.15) is 5.70 Å². The summed E-state index contributed by atoms with van der Waals surface area (Å²) in [7, 11) is 0. The minimum absolute atomic E-state index is 0.0718. The van der Waals surface area contributed by atoms with Crippen molar-refractivity contribution in [3.05, 3.63) is 35.5 Å². The number of aliphatic hydroxyl groups excluding tert-OH is 1. The lowest BCUT2D eigenvalue weighted by Crippen LogP contribution is -2.41. The Kier molecular flexibility index (Phi) is 6.37. The fourth-order valence-electron chi connectivity index (χ4n) is 3.99. The number of hydrogen-bond acceptors (Lipinski definition) is 5. The molecule has 0 aliphatic carbocycles. The second-order valence-corrected chi connectivity index (χ2v) is 8.23. The monoisotopic (exact) mass is 399 g/mol. The highest BCUT2D eigenvalue weighted by Crippen LogP contribution is 2.34. The van der Waals surface area contributed by atoms with E-state index >= 15 is 0 Å². The van der Waals surface area contributed by atoms with Gasteiger partial charge in [-0.05, 0) is 42.4 Å². The summed E-state index contributed by atoms with van der Waals surface area (Å²) >= 11 is 0. The summed E-state index contributed by atoms with van der Waals surface area (Å²) < 4.78 is 0. The molecule has 0 bridgehead atoms. The number of rotatable bonds is 6. The third kappa shape index (κ3) is 4.50. The maximum absolute atomic E-state index is 13.2. The molecule has 29 heavy (non-hydrogen) atoms. The Morgan fingerprint density at radius 3 is 2.48 bits per heavy atom. The van der Waals surface area contributed by atoms with Crippen LogP contribution in [0.15, 0.2) is 30.0 Å². The van der Waals surface area contributed by atoms with Gasteiger partial charge in [-0.2, -0.15) is 0 Å². The Hall–Kier alpha value is -2.67. The lowest BCUT2D eigenvalue weighted by Gasteiger charge is -2.34. The number of amides is 3. The molecule has 3 rings (SSSR count). The Morgan fingerprint density at radius 2 is 1.90 bits per heavy atom. The van der Waals surface area contributed by atoms with Crippen molar-refractivity contribution in [2.24, 2.45) is 11.8 Å². The Morgan fingerprint density at radius 1 is 1.21 bits per heavy atom. The van der Waals surface area contributed by atoms with Gasteiger partial charge in [0, 0.05) is 38.9 Å². The van der Waals surface area contributed by atoms with Gasteiger partial charge in [-0.25, -0.2) is 0 Å². The van der Waals surface area contributed by atoms with Gasteiger partial charge in [0.05, 0.1) is 5.57 Å². The number of carbonyl (C=O) groups is 3. The molecule has 3 amide bonds. The molecule has 0 spiro atoms. The predicted octanol–water partition coefficient (Wildman–Crippen LogP) is 2.09. The zero-order valence-electron chi connectivity index (χ0n) is 17.3. The highest BCUT2D eigenvalue weighted by Gasteiger charge is 2.42. The molecular weight excluding hydrogens is 370 g/mol. The van der Waals surface area contributed by atoms with Gasteiger partial charge in [-0.1, -0.05) is 26.0 Å². The number of carbonyl (C=O) groups excluding carboxylic acids is 3. The number of anilines is 1. The molecule has 1 aromatic rings. The van der Waals surface area contributed by atoms with E-state index in [1.54, 1.807) is 24.3 Å². The van der Waals surface area contributed by atoms with E-state index < -0.39 is 0 Å². The second-order valence-electron chi connectivity index (χ2n) is 8.23. The van der Waals surface area contributed by atoms with Crippen molar-refractivity contribution in [3.63, 3.8) is 0 Å². The Labute approximate surface area is 171 Å². The average Bonchev–Trinajstić information content (AvgIpc) is 2.92. The van der Waals surface area contributed by atoms with E-state index in [2.05, 4.69) is 5.32 Å². The zero-order chi connectivity index (χ0) is 21.1. The van der Waals surface area contributed by atoms with Crippen LogP contribution in [0.1, 0.15) is 39.2 Å². The number of piperidine rings is 1. The van der Waals surface area contributed by atoms with Gasteiger partial charge in [0.2, 0.25) is 5.91 Å². The van der Waals surface area contributed by atoms with Crippen molar-refractivity contribution in [2.45, 2.75) is 33.6 Å². The molecule has 1 aromatic carbocycles. The zero-order valence-corrected chi connectivity index (χ0v) is 17.3. The molecule has 0 radical (unpaired) electrons. The molecule has 2 N–H and O–H groups in total. The molecular formula is C22H29N3O4. The Balaban J connectivity index is 2.01. The third-order valence-corrected chi connectivity index (χ3v) is 5.28. The summed E-state index contributed by atoms with van der Waals surface area (Å²) in [5, 5.41) is 12.3. The molecule has 156 valence electrons. The van der Waals surface area contributed by atoms with E-state index in [4.69, 9.17) is 0 Å². The first-order valence-electron chi connectivity index (χ1n) is 10.2. The van der Waals surface area contributed by atoms with Gasteiger partial charge in [0.15, 0.2) is 0 Å². The van der Waals surface area contributed by atoms with Crippen LogP contribution in [0.2, 0.25) is 0 Å². The highest BCUT2D eigenvalue weighted by molar-refractivity contribution is 6.35. The van der Waals surface area contributed by atoms with Crippen LogP contribution in [0.4, 0.5) is 5.69 Å². The first-order chi connectivity index (χ1) is 13.8. The summed E-state index contributed by atoms with van der Waals surface area (Å²) in [5.41, 5.74) is 2.13. The maximum Gasteiger partial charge on any atom is 0.277 e. The van der Waals surface area contributed by atoms with Gasteiger partial charge in [0.25, 0.3) is 11.8 Å². The fraction of sp³-hybridized carbons (Fsp3) is 0.500. The molecule has 2 aliphatic heterocycles. The van der Waals surface area contributed by atoms with Crippen LogP contribution >= 0.6 is 0 Å². The minimum Gasteiger partial charge on any atom is -0.396 e. The van der Waals surface area contributed by atoms with Crippen molar-refractivity contribution < 1.29 is 19.5 Å². The highest BCUT2D eigenvalue weighted by atomic mass is 16.3. The topological polar surface area (TPSA) is 90.0 Å². The largest absolute Gasteiger partial charge is 0.396 e. The number of nitrogens with zero attached hydrogens (tertiary/aromatic N) is 2. The van der Waals surface area contributed by atoms with Crippen molar-refractivity contribution in [1.29, 1.82) is 0 Å².